The third kappa shape index (κ3) is 7.29. The Kier molecular flexibility index (Phi) is 8.50. The van der Waals surface area contributed by atoms with Crippen LogP contribution in [0.5, 0.6) is 0 Å². The summed E-state index contributed by atoms with van der Waals surface area (Å²) in [6, 6.07) is 8.37. The van der Waals surface area contributed by atoms with Gasteiger partial charge in [-0.3, -0.25) is 9.59 Å². The van der Waals surface area contributed by atoms with E-state index < -0.39 is 0 Å². The second-order valence-electron chi connectivity index (χ2n) is 6.99. The van der Waals surface area contributed by atoms with Gasteiger partial charge in [-0.2, -0.15) is 0 Å². The van der Waals surface area contributed by atoms with Gasteiger partial charge in [0.1, 0.15) is 0 Å². The van der Waals surface area contributed by atoms with Gasteiger partial charge in [-0.15, -0.1) is 0 Å². The number of aryl methyl sites for hydroxylation is 1. The molecule has 1 aromatic carbocycles. The molecule has 2 amide bonds. The highest BCUT2D eigenvalue weighted by atomic mass is 16.2. The quantitative estimate of drug-likeness (QED) is 0.697. The Hall–Kier alpha value is -1.84. The van der Waals surface area contributed by atoms with Crippen LogP contribution in [0.4, 0.5) is 0 Å². The summed E-state index contributed by atoms with van der Waals surface area (Å²) in [4.78, 5) is 25.9. The fraction of sp³-hybridized carbons (Fsp3) is 0.619. The van der Waals surface area contributed by atoms with E-state index in [4.69, 9.17) is 0 Å². The van der Waals surface area contributed by atoms with Gasteiger partial charge >= 0.3 is 0 Å². The van der Waals surface area contributed by atoms with Crippen molar-refractivity contribution in [1.29, 1.82) is 0 Å². The van der Waals surface area contributed by atoms with Gasteiger partial charge in [-0.1, -0.05) is 44.0 Å². The molecule has 0 aliphatic carbocycles. The van der Waals surface area contributed by atoms with Crippen molar-refractivity contribution in [2.75, 3.05) is 19.6 Å². The molecule has 1 saturated heterocycles. The molecule has 1 heterocycles. The molecular weight excluding hydrogens is 312 g/mol. The van der Waals surface area contributed by atoms with Gasteiger partial charge in [0.05, 0.1) is 6.42 Å². The smallest absolute Gasteiger partial charge is 0.224 e. The summed E-state index contributed by atoms with van der Waals surface area (Å²) in [6.07, 6.45) is 8.72. The number of carbonyl (C=O) groups is 2. The number of carbonyl (C=O) groups excluding carboxylic acids is 2. The predicted octanol–water partition coefficient (Wildman–Crippen LogP) is 3.48. The Morgan fingerprint density at radius 2 is 1.84 bits per heavy atom. The summed E-state index contributed by atoms with van der Waals surface area (Å²) >= 11 is 0. The number of benzene rings is 1. The molecule has 0 atom stereocenters. The molecule has 1 aliphatic heterocycles. The van der Waals surface area contributed by atoms with E-state index in [9.17, 15) is 9.59 Å². The highest BCUT2D eigenvalue weighted by Gasteiger charge is 2.15. The molecule has 1 aliphatic rings. The molecule has 1 N–H and O–H groups in total. The van der Waals surface area contributed by atoms with Crippen molar-refractivity contribution in [2.45, 2.75) is 64.7 Å². The summed E-state index contributed by atoms with van der Waals surface area (Å²) < 4.78 is 0. The zero-order chi connectivity index (χ0) is 17.9. The van der Waals surface area contributed by atoms with E-state index >= 15 is 0 Å². The minimum absolute atomic E-state index is 0.0588. The number of unbranched alkanes of at least 4 members (excludes halogenated alkanes) is 1. The van der Waals surface area contributed by atoms with E-state index in [0.29, 0.717) is 19.4 Å². The first-order valence-electron chi connectivity index (χ1n) is 9.81. The topological polar surface area (TPSA) is 49.4 Å². The minimum Gasteiger partial charge on any atom is -0.356 e. The molecule has 0 bridgehead atoms. The van der Waals surface area contributed by atoms with Crippen LogP contribution in [-0.4, -0.2) is 36.3 Å². The third-order valence-corrected chi connectivity index (χ3v) is 4.81. The van der Waals surface area contributed by atoms with Gasteiger partial charge in [-0.25, -0.2) is 0 Å². The van der Waals surface area contributed by atoms with Crippen molar-refractivity contribution in [3.63, 3.8) is 0 Å². The monoisotopic (exact) mass is 344 g/mol. The molecule has 0 spiro atoms. The van der Waals surface area contributed by atoms with Crippen LogP contribution in [0.15, 0.2) is 24.3 Å². The van der Waals surface area contributed by atoms with Crippen molar-refractivity contribution < 1.29 is 9.59 Å². The molecule has 0 unspecified atom stereocenters. The molecule has 0 radical (unpaired) electrons. The van der Waals surface area contributed by atoms with Gasteiger partial charge in [0.2, 0.25) is 11.8 Å². The SMILES string of the molecule is CCCCc1ccc(CC(=O)NCCCN2CCCCCC2=O)cc1. The maximum absolute atomic E-state index is 12.0. The molecule has 4 nitrogen and oxygen atoms in total. The summed E-state index contributed by atoms with van der Waals surface area (Å²) in [7, 11) is 0. The Bertz CT molecular complexity index is 539. The van der Waals surface area contributed by atoms with Crippen molar-refractivity contribution >= 4 is 11.8 Å². The standard InChI is InChI=1S/C21H32N2O2/c1-2-3-8-18-10-12-19(13-11-18)17-20(24)22-14-7-16-23-15-6-4-5-9-21(23)25/h10-13H,2-9,14-17H2,1H3,(H,22,24). The zero-order valence-electron chi connectivity index (χ0n) is 15.6. The van der Waals surface area contributed by atoms with Crippen LogP contribution >= 0.6 is 0 Å². The highest BCUT2D eigenvalue weighted by Crippen LogP contribution is 2.11. The maximum Gasteiger partial charge on any atom is 0.224 e. The van der Waals surface area contributed by atoms with Crippen LogP contribution in [0.25, 0.3) is 0 Å². The third-order valence-electron chi connectivity index (χ3n) is 4.81. The first kappa shape index (κ1) is 19.5. The van der Waals surface area contributed by atoms with Gasteiger partial charge in [0.15, 0.2) is 0 Å². The largest absolute Gasteiger partial charge is 0.356 e. The first-order chi connectivity index (χ1) is 12.2. The summed E-state index contributed by atoms with van der Waals surface area (Å²) in [5.74, 6) is 0.329. The number of hydrogen-bond donors (Lipinski definition) is 1. The van der Waals surface area contributed by atoms with Crippen LogP contribution in [0.3, 0.4) is 0 Å². The highest BCUT2D eigenvalue weighted by molar-refractivity contribution is 5.78. The van der Waals surface area contributed by atoms with E-state index in [-0.39, 0.29) is 11.8 Å². The zero-order valence-corrected chi connectivity index (χ0v) is 15.6. The van der Waals surface area contributed by atoms with Gasteiger partial charge in [-0.05, 0) is 43.2 Å². The summed E-state index contributed by atoms with van der Waals surface area (Å²) in [5.41, 5.74) is 2.40. The number of nitrogens with zero attached hydrogens (tertiary/aromatic N) is 1. The van der Waals surface area contributed by atoms with Crippen LogP contribution in [-0.2, 0) is 22.4 Å². The molecule has 138 valence electrons. The fourth-order valence-corrected chi connectivity index (χ4v) is 3.23. The van der Waals surface area contributed by atoms with E-state index in [1.54, 1.807) is 0 Å². The normalized spacial score (nSPS) is 15.1. The van der Waals surface area contributed by atoms with Crippen LogP contribution in [0.2, 0.25) is 0 Å². The van der Waals surface area contributed by atoms with E-state index in [1.807, 2.05) is 4.90 Å². The summed E-state index contributed by atoms with van der Waals surface area (Å²) in [6.45, 7) is 4.46. The summed E-state index contributed by atoms with van der Waals surface area (Å²) in [5, 5.41) is 2.97. The number of likely N-dealkylation sites (tertiary alicyclic amines) is 1. The van der Waals surface area contributed by atoms with Crippen molar-refractivity contribution in [3.05, 3.63) is 35.4 Å². The number of nitrogens with one attached hydrogen (secondary N) is 1. The second-order valence-corrected chi connectivity index (χ2v) is 6.99. The Labute approximate surface area is 152 Å². The molecule has 0 saturated carbocycles. The average Bonchev–Trinajstić information content (AvgIpc) is 2.82. The molecule has 1 fully saturated rings. The number of amides is 2. The van der Waals surface area contributed by atoms with Crippen molar-refractivity contribution in [2.24, 2.45) is 0 Å². The minimum atomic E-state index is 0.0588. The predicted molar refractivity (Wildman–Crippen MR) is 101 cm³/mol. The van der Waals surface area contributed by atoms with Gasteiger partial charge in [0.25, 0.3) is 0 Å². The fourth-order valence-electron chi connectivity index (χ4n) is 3.23. The molecule has 1 aromatic rings. The van der Waals surface area contributed by atoms with E-state index in [0.717, 1.165) is 50.8 Å². The molecule has 4 heteroatoms. The first-order valence-corrected chi connectivity index (χ1v) is 9.81. The van der Waals surface area contributed by atoms with E-state index in [1.165, 1.54) is 18.4 Å². The maximum atomic E-state index is 12.0. The molecule has 25 heavy (non-hydrogen) atoms. The molecule has 0 aromatic heterocycles. The van der Waals surface area contributed by atoms with Crippen LogP contribution in [0, 0.1) is 0 Å². The number of rotatable bonds is 9. The van der Waals surface area contributed by atoms with Crippen LogP contribution in [0.1, 0.15) is 63.0 Å². The lowest BCUT2D eigenvalue weighted by Gasteiger charge is -2.20. The lowest BCUT2D eigenvalue weighted by atomic mass is 10.0. The van der Waals surface area contributed by atoms with Crippen LogP contribution < -0.4 is 5.32 Å². The number of hydrogen-bond acceptors (Lipinski definition) is 2. The lowest BCUT2D eigenvalue weighted by molar-refractivity contribution is -0.130. The lowest BCUT2D eigenvalue weighted by Crippen LogP contribution is -2.34. The average molecular weight is 344 g/mol. The Balaban J connectivity index is 1.64. The Morgan fingerprint density at radius 1 is 1.08 bits per heavy atom. The van der Waals surface area contributed by atoms with Crippen molar-refractivity contribution in [3.8, 4) is 0 Å². The van der Waals surface area contributed by atoms with Gasteiger partial charge in [0, 0.05) is 26.1 Å². The molecule has 2 rings (SSSR count). The van der Waals surface area contributed by atoms with Crippen molar-refractivity contribution in [1.82, 2.24) is 10.2 Å². The molecular formula is C21H32N2O2. The van der Waals surface area contributed by atoms with Gasteiger partial charge < -0.3 is 10.2 Å². The second kappa shape index (κ2) is 10.9. The van der Waals surface area contributed by atoms with E-state index in [2.05, 4.69) is 36.5 Å². The Morgan fingerprint density at radius 3 is 2.60 bits per heavy atom.